The molecule has 3 aromatic rings. The summed E-state index contributed by atoms with van der Waals surface area (Å²) in [4.78, 5) is 24.1. The number of fused-ring (bicyclic) bond motifs is 1. The predicted octanol–water partition coefficient (Wildman–Crippen LogP) is 0.573. The summed E-state index contributed by atoms with van der Waals surface area (Å²) in [5, 5.41) is 3.22. The van der Waals surface area contributed by atoms with Crippen molar-refractivity contribution in [3.8, 4) is 5.69 Å². The first-order valence-electron chi connectivity index (χ1n) is 6.59. The number of H-pyrrole nitrogens is 1. The zero-order valence-electron chi connectivity index (χ0n) is 12.3. The Kier molecular flexibility index (Phi) is 3.27. The Morgan fingerprint density at radius 1 is 1.13 bits per heavy atom. The zero-order chi connectivity index (χ0) is 16.9. The summed E-state index contributed by atoms with van der Waals surface area (Å²) in [6.45, 7) is 1.67. The summed E-state index contributed by atoms with van der Waals surface area (Å²) in [6.07, 6.45) is 0. The fraction of sp³-hybridized carbons (Fsp3) is 0.143. The van der Waals surface area contributed by atoms with E-state index >= 15 is 0 Å². The van der Waals surface area contributed by atoms with Gasteiger partial charge in [-0.3, -0.25) is 23.8 Å². The summed E-state index contributed by atoms with van der Waals surface area (Å²) < 4.78 is 33.6. The first-order valence-corrected chi connectivity index (χ1v) is 8.03. The van der Waals surface area contributed by atoms with Gasteiger partial charge in [-0.15, -0.1) is 0 Å². The molecule has 120 valence electrons. The van der Waals surface area contributed by atoms with E-state index in [1.807, 2.05) is 0 Å². The molecule has 0 spiro atoms. The Morgan fingerprint density at radius 2 is 1.74 bits per heavy atom. The van der Waals surface area contributed by atoms with Gasteiger partial charge in [0.15, 0.2) is 0 Å². The lowest BCUT2D eigenvalue weighted by Crippen LogP contribution is -2.17. The van der Waals surface area contributed by atoms with Crippen LogP contribution in [-0.2, 0) is 17.2 Å². The fourth-order valence-electron chi connectivity index (χ4n) is 2.44. The normalized spacial score (nSPS) is 12.0. The van der Waals surface area contributed by atoms with Gasteiger partial charge in [0.2, 0.25) is 0 Å². The van der Waals surface area contributed by atoms with Gasteiger partial charge in [-0.05, 0) is 36.8 Å². The highest BCUT2D eigenvalue weighted by Crippen LogP contribution is 2.15. The van der Waals surface area contributed by atoms with Gasteiger partial charge < -0.3 is 0 Å². The van der Waals surface area contributed by atoms with Crippen LogP contribution in [0.4, 0.5) is 0 Å². The minimum absolute atomic E-state index is 0.245. The summed E-state index contributed by atoms with van der Waals surface area (Å²) in [7, 11) is -2.75. The van der Waals surface area contributed by atoms with E-state index in [9.17, 15) is 18.0 Å². The van der Waals surface area contributed by atoms with Crippen LogP contribution in [0.5, 0.6) is 0 Å². The molecule has 0 aliphatic carbocycles. The molecule has 0 aliphatic rings. The van der Waals surface area contributed by atoms with Crippen LogP contribution >= 0.6 is 0 Å². The molecule has 3 rings (SSSR count). The molecule has 0 radical (unpaired) electrons. The number of nitrogens with one attached hydrogen (secondary N) is 1. The largest absolute Gasteiger partial charge is 0.296 e. The Labute approximate surface area is 130 Å². The fourth-order valence-corrected chi connectivity index (χ4v) is 2.92. The number of aryl methyl sites for hydroxylation is 2. The Hall–Kier alpha value is -2.65. The van der Waals surface area contributed by atoms with Crippen LogP contribution in [0, 0.1) is 6.92 Å². The van der Waals surface area contributed by atoms with Crippen LogP contribution in [-0.4, -0.2) is 27.3 Å². The second-order valence-electron chi connectivity index (χ2n) is 5.17. The van der Waals surface area contributed by atoms with Gasteiger partial charge in [-0.25, -0.2) is 4.68 Å². The summed E-state index contributed by atoms with van der Waals surface area (Å²) in [5.41, 5.74) is 0.708. The molecule has 8 nitrogen and oxygen atoms in total. The highest BCUT2D eigenvalue weighted by Gasteiger charge is 2.15. The maximum atomic E-state index is 12.5. The van der Waals surface area contributed by atoms with Crippen molar-refractivity contribution < 1.29 is 13.0 Å². The monoisotopic (exact) mass is 335 g/mol. The van der Waals surface area contributed by atoms with E-state index in [4.69, 9.17) is 4.55 Å². The number of hydrogen-bond acceptors (Lipinski definition) is 4. The number of rotatable bonds is 2. The highest BCUT2D eigenvalue weighted by atomic mass is 32.2. The van der Waals surface area contributed by atoms with Gasteiger partial charge in [-0.1, -0.05) is 0 Å². The van der Waals surface area contributed by atoms with E-state index in [0.717, 1.165) is 0 Å². The van der Waals surface area contributed by atoms with Crippen LogP contribution in [0.25, 0.3) is 16.7 Å². The third-order valence-electron chi connectivity index (χ3n) is 3.66. The standard InChI is InChI=1S/C14H13N3O5S/c1-8-7-11(18)16(2)13-12(8)14(19)17(15-13)9-3-5-10(6-4-9)23(20,21)22/h3-7,15H,1-2H3,(H,20,21,22). The van der Waals surface area contributed by atoms with E-state index in [0.29, 0.717) is 22.3 Å². The topological polar surface area (TPSA) is 114 Å². The number of benzene rings is 1. The summed E-state index contributed by atoms with van der Waals surface area (Å²) in [5.74, 6) is 0. The molecule has 0 atom stereocenters. The Balaban J connectivity index is 2.28. The molecule has 0 amide bonds. The minimum atomic E-state index is -4.30. The first-order chi connectivity index (χ1) is 10.7. The van der Waals surface area contributed by atoms with Crippen molar-refractivity contribution in [2.24, 2.45) is 7.05 Å². The molecule has 2 aromatic heterocycles. The molecule has 0 aliphatic heterocycles. The molecule has 0 saturated heterocycles. The van der Waals surface area contributed by atoms with Crippen molar-refractivity contribution in [3.63, 3.8) is 0 Å². The van der Waals surface area contributed by atoms with E-state index in [1.165, 1.54) is 39.6 Å². The number of aromatic nitrogens is 3. The third kappa shape index (κ3) is 2.39. The lowest BCUT2D eigenvalue weighted by molar-refractivity contribution is 0.483. The molecule has 1 aromatic carbocycles. The quantitative estimate of drug-likeness (QED) is 0.665. The average Bonchev–Trinajstić information content (AvgIpc) is 2.82. The Morgan fingerprint density at radius 3 is 2.30 bits per heavy atom. The molecule has 0 unspecified atom stereocenters. The summed E-state index contributed by atoms with van der Waals surface area (Å²) in [6, 6.07) is 6.52. The first kappa shape index (κ1) is 15.3. The van der Waals surface area contributed by atoms with Crippen LogP contribution in [0.3, 0.4) is 0 Å². The van der Waals surface area contributed by atoms with Gasteiger partial charge >= 0.3 is 0 Å². The molecule has 9 heteroatoms. The maximum absolute atomic E-state index is 12.5. The van der Waals surface area contributed by atoms with E-state index in [1.54, 1.807) is 14.0 Å². The van der Waals surface area contributed by atoms with Crippen molar-refractivity contribution in [3.05, 3.63) is 56.6 Å². The van der Waals surface area contributed by atoms with Crippen LogP contribution in [0.15, 0.2) is 44.8 Å². The molecular weight excluding hydrogens is 322 g/mol. The van der Waals surface area contributed by atoms with Crippen molar-refractivity contribution in [1.82, 2.24) is 14.3 Å². The van der Waals surface area contributed by atoms with Crippen molar-refractivity contribution >= 4 is 21.2 Å². The molecule has 0 bridgehead atoms. The van der Waals surface area contributed by atoms with Gasteiger partial charge in [-0.2, -0.15) is 8.42 Å². The SMILES string of the molecule is Cc1cc(=O)n(C)c2[nH]n(-c3ccc(S(=O)(=O)O)cc3)c(=O)c12. The van der Waals surface area contributed by atoms with E-state index in [2.05, 4.69) is 5.10 Å². The second-order valence-corrected chi connectivity index (χ2v) is 6.59. The summed E-state index contributed by atoms with van der Waals surface area (Å²) >= 11 is 0. The average molecular weight is 335 g/mol. The number of pyridine rings is 1. The van der Waals surface area contributed by atoms with E-state index in [-0.39, 0.29) is 16.0 Å². The molecule has 23 heavy (non-hydrogen) atoms. The smallest absolute Gasteiger partial charge is 0.294 e. The number of nitrogens with zero attached hydrogens (tertiary/aromatic N) is 2. The van der Waals surface area contributed by atoms with Crippen LogP contribution < -0.4 is 11.1 Å². The lowest BCUT2D eigenvalue weighted by atomic mass is 10.2. The minimum Gasteiger partial charge on any atom is -0.296 e. The van der Waals surface area contributed by atoms with E-state index < -0.39 is 10.1 Å². The second kappa shape index (κ2) is 4.93. The van der Waals surface area contributed by atoms with Crippen LogP contribution in [0.2, 0.25) is 0 Å². The van der Waals surface area contributed by atoms with Crippen molar-refractivity contribution in [2.45, 2.75) is 11.8 Å². The number of aromatic amines is 1. The zero-order valence-corrected chi connectivity index (χ0v) is 13.1. The van der Waals surface area contributed by atoms with Gasteiger partial charge in [0.25, 0.3) is 21.2 Å². The third-order valence-corrected chi connectivity index (χ3v) is 4.53. The number of hydrogen-bond donors (Lipinski definition) is 2. The van der Waals surface area contributed by atoms with Crippen molar-refractivity contribution in [2.75, 3.05) is 0 Å². The highest BCUT2D eigenvalue weighted by molar-refractivity contribution is 7.85. The lowest BCUT2D eigenvalue weighted by Gasteiger charge is -2.02. The molecule has 0 saturated carbocycles. The van der Waals surface area contributed by atoms with Gasteiger partial charge in [0, 0.05) is 13.1 Å². The van der Waals surface area contributed by atoms with Crippen LogP contribution in [0.1, 0.15) is 5.56 Å². The van der Waals surface area contributed by atoms with Gasteiger partial charge in [0.1, 0.15) is 5.65 Å². The molecule has 0 fully saturated rings. The maximum Gasteiger partial charge on any atom is 0.294 e. The Bertz CT molecular complexity index is 1130. The molecular formula is C14H13N3O5S. The van der Waals surface area contributed by atoms with Gasteiger partial charge in [0.05, 0.1) is 16.0 Å². The predicted molar refractivity (Wildman–Crippen MR) is 83.7 cm³/mol. The molecule has 2 heterocycles. The molecule has 2 N–H and O–H groups in total. The van der Waals surface area contributed by atoms with Crippen molar-refractivity contribution in [1.29, 1.82) is 0 Å².